The van der Waals surface area contributed by atoms with Gasteiger partial charge in [-0.15, -0.1) is 0 Å². The molecule has 0 atom stereocenters. The monoisotopic (exact) mass is 654 g/mol. The number of fused-ring (bicyclic) bond motifs is 1. The van der Waals surface area contributed by atoms with Crippen molar-refractivity contribution in [3.8, 4) is 78.9 Å². The number of hydrogen-bond donors (Lipinski definition) is 0. The fraction of sp³-hybridized carbons (Fsp3) is 0. The van der Waals surface area contributed by atoms with Crippen LogP contribution in [0.25, 0.3) is 84.6 Å². The molecular weight excluding hydrogens is 625 g/mol. The number of benzene rings is 5. The number of nitrogens with zero attached hydrogens (tertiary/aromatic N) is 6. The largest absolute Gasteiger partial charge is 0.299 e. The molecule has 0 radical (unpaired) electrons. The summed E-state index contributed by atoms with van der Waals surface area (Å²) in [5, 5.41) is 0. The van der Waals surface area contributed by atoms with E-state index in [0.29, 0.717) is 17.5 Å². The predicted molar refractivity (Wildman–Crippen MR) is 204 cm³/mol. The van der Waals surface area contributed by atoms with Crippen LogP contribution in [0, 0.1) is 0 Å². The predicted octanol–water partition coefficient (Wildman–Crippen LogP) is 10.6. The lowest BCUT2D eigenvalue weighted by Gasteiger charge is -2.13. The Bertz CT molecular complexity index is 2560. The molecule has 0 saturated carbocycles. The van der Waals surface area contributed by atoms with Gasteiger partial charge in [-0.1, -0.05) is 115 Å². The standard InChI is InChI=1S/C45H30N6/c1-4-13-32(14-5-1)41-42(51-26-11-10-21-40(51)47-41)36-20-12-19-35(27-36)38-28-37(31-22-24-46-25-23-31)29-39(30-38)45-49-43(33-15-6-2-7-16-33)48-44(50-45)34-17-8-3-9-18-34/h1-30H. The first-order valence-electron chi connectivity index (χ1n) is 16.8. The number of aromatic nitrogens is 6. The zero-order valence-electron chi connectivity index (χ0n) is 27.5. The third-order valence-electron chi connectivity index (χ3n) is 8.95. The Morgan fingerprint density at radius 1 is 0.333 bits per heavy atom. The summed E-state index contributed by atoms with van der Waals surface area (Å²) >= 11 is 0. The molecule has 0 unspecified atom stereocenters. The Kier molecular flexibility index (Phi) is 7.72. The fourth-order valence-electron chi connectivity index (χ4n) is 6.49. The van der Waals surface area contributed by atoms with Gasteiger partial charge in [-0.25, -0.2) is 19.9 Å². The molecule has 5 aromatic carbocycles. The fourth-order valence-corrected chi connectivity index (χ4v) is 6.49. The maximum atomic E-state index is 5.07. The minimum Gasteiger partial charge on any atom is -0.299 e. The highest BCUT2D eigenvalue weighted by molar-refractivity contribution is 5.86. The van der Waals surface area contributed by atoms with Gasteiger partial charge in [0.25, 0.3) is 0 Å². The van der Waals surface area contributed by atoms with E-state index in [9.17, 15) is 0 Å². The third-order valence-corrected chi connectivity index (χ3v) is 8.95. The summed E-state index contributed by atoms with van der Waals surface area (Å²) in [5.74, 6) is 1.85. The van der Waals surface area contributed by atoms with Gasteiger partial charge in [0.05, 0.1) is 11.4 Å². The van der Waals surface area contributed by atoms with Crippen LogP contribution in [-0.2, 0) is 0 Å². The molecule has 0 amide bonds. The molecule has 51 heavy (non-hydrogen) atoms. The van der Waals surface area contributed by atoms with Crippen LogP contribution in [0.5, 0.6) is 0 Å². The van der Waals surface area contributed by atoms with E-state index in [4.69, 9.17) is 19.9 Å². The first-order valence-corrected chi connectivity index (χ1v) is 16.8. The molecule has 0 fully saturated rings. The number of imidazole rings is 1. The molecule has 0 aliphatic rings. The second kappa shape index (κ2) is 13.1. The summed E-state index contributed by atoms with van der Waals surface area (Å²) in [6.45, 7) is 0. The molecule has 9 rings (SSSR count). The first-order chi connectivity index (χ1) is 25.3. The molecule has 0 aliphatic carbocycles. The third kappa shape index (κ3) is 5.96. The molecule has 6 nitrogen and oxygen atoms in total. The van der Waals surface area contributed by atoms with E-state index >= 15 is 0 Å². The van der Waals surface area contributed by atoms with Crippen molar-refractivity contribution < 1.29 is 0 Å². The lowest BCUT2D eigenvalue weighted by atomic mass is 9.94. The minimum absolute atomic E-state index is 0.601. The molecule has 6 heteroatoms. The van der Waals surface area contributed by atoms with Crippen LogP contribution in [0.3, 0.4) is 0 Å². The van der Waals surface area contributed by atoms with Crippen molar-refractivity contribution in [2.75, 3.05) is 0 Å². The second-order valence-electron chi connectivity index (χ2n) is 12.3. The van der Waals surface area contributed by atoms with Gasteiger partial charge in [0, 0.05) is 46.4 Å². The van der Waals surface area contributed by atoms with Crippen molar-refractivity contribution in [1.82, 2.24) is 29.3 Å². The summed E-state index contributed by atoms with van der Waals surface area (Å²) in [7, 11) is 0. The molecule has 0 saturated heterocycles. The van der Waals surface area contributed by atoms with Crippen molar-refractivity contribution in [2.45, 2.75) is 0 Å². The number of hydrogen-bond acceptors (Lipinski definition) is 5. The Labute approximate surface area is 295 Å². The highest BCUT2D eigenvalue weighted by atomic mass is 15.0. The van der Waals surface area contributed by atoms with E-state index in [2.05, 4.69) is 82.3 Å². The summed E-state index contributed by atoms with van der Waals surface area (Å²) in [6, 6.07) is 55.9. The van der Waals surface area contributed by atoms with Gasteiger partial charge in [-0.3, -0.25) is 9.38 Å². The van der Waals surface area contributed by atoms with Crippen LogP contribution in [0.2, 0.25) is 0 Å². The molecule has 4 heterocycles. The normalized spacial score (nSPS) is 11.1. The quantitative estimate of drug-likeness (QED) is 0.171. The van der Waals surface area contributed by atoms with Gasteiger partial charge in [-0.05, 0) is 70.8 Å². The van der Waals surface area contributed by atoms with Crippen LogP contribution in [-0.4, -0.2) is 29.3 Å². The molecule has 4 aromatic heterocycles. The highest BCUT2D eigenvalue weighted by Gasteiger charge is 2.18. The second-order valence-corrected chi connectivity index (χ2v) is 12.3. The average Bonchev–Trinajstić information content (AvgIpc) is 3.62. The zero-order chi connectivity index (χ0) is 34.0. The van der Waals surface area contributed by atoms with Gasteiger partial charge in [0.1, 0.15) is 5.65 Å². The molecule has 240 valence electrons. The van der Waals surface area contributed by atoms with Crippen LogP contribution in [0.4, 0.5) is 0 Å². The maximum absolute atomic E-state index is 5.07. The number of pyridine rings is 2. The highest BCUT2D eigenvalue weighted by Crippen LogP contribution is 2.37. The van der Waals surface area contributed by atoms with Gasteiger partial charge in [0.15, 0.2) is 17.5 Å². The Morgan fingerprint density at radius 3 is 1.47 bits per heavy atom. The molecule has 0 spiro atoms. The van der Waals surface area contributed by atoms with E-state index in [0.717, 1.165) is 67.1 Å². The van der Waals surface area contributed by atoms with Gasteiger partial charge < -0.3 is 0 Å². The van der Waals surface area contributed by atoms with Crippen LogP contribution < -0.4 is 0 Å². The van der Waals surface area contributed by atoms with E-state index in [-0.39, 0.29) is 0 Å². The molecular formula is C45H30N6. The first kappa shape index (κ1) is 30.0. The van der Waals surface area contributed by atoms with Gasteiger partial charge in [-0.2, -0.15) is 0 Å². The van der Waals surface area contributed by atoms with E-state index in [1.54, 1.807) is 0 Å². The lowest BCUT2D eigenvalue weighted by molar-refractivity contribution is 1.07. The van der Waals surface area contributed by atoms with Crippen LogP contribution >= 0.6 is 0 Å². The topological polar surface area (TPSA) is 68.9 Å². The molecule has 0 bridgehead atoms. The molecule has 9 aromatic rings. The molecule has 0 aliphatic heterocycles. The van der Waals surface area contributed by atoms with Crippen molar-refractivity contribution in [3.63, 3.8) is 0 Å². The lowest BCUT2D eigenvalue weighted by Crippen LogP contribution is -2.00. The summed E-state index contributed by atoms with van der Waals surface area (Å²) in [4.78, 5) is 24.4. The van der Waals surface area contributed by atoms with Crippen molar-refractivity contribution in [3.05, 3.63) is 182 Å². The Morgan fingerprint density at radius 2 is 0.824 bits per heavy atom. The Hall–Kier alpha value is -7.05. The van der Waals surface area contributed by atoms with Gasteiger partial charge in [0.2, 0.25) is 0 Å². The van der Waals surface area contributed by atoms with Crippen molar-refractivity contribution >= 4 is 5.65 Å². The van der Waals surface area contributed by atoms with Gasteiger partial charge >= 0.3 is 0 Å². The van der Waals surface area contributed by atoms with Crippen molar-refractivity contribution in [2.24, 2.45) is 0 Å². The zero-order valence-corrected chi connectivity index (χ0v) is 27.5. The molecule has 0 N–H and O–H groups in total. The average molecular weight is 655 g/mol. The summed E-state index contributed by atoms with van der Waals surface area (Å²) < 4.78 is 2.17. The van der Waals surface area contributed by atoms with Crippen molar-refractivity contribution in [1.29, 1.82) is 0 Å². The van der Waals surface area contributed by atoms with E-state index in [1.165, 1.54) is 0 Å². The van der Waals surface area contributed by atoms with E-state index < -0.39 is 0 Å². The SMILES string of the molecule is c1ccc(-c2nc(-c3ccccc3)nc(-c3cc(-c4ccncc4)cc(-c4cccc(-c5c(-c6ccccc6)nc6ccccn56)c4)c3)n2)cc1. The minimum atomic E-state index is 0.601. The maximum Gasteiger partial charge on any atom is 0.164 e. The number of rotatable bonds is 7. The van der Waals surface area contributed by atoms with E-state index in [1.807, 2.05) is 109 Å². The summed E-state index contributed by atoms with van der Waals surface area (Å²) in [5.41, 5.74) is 12.0. The smallest absolute Gasteiger partial charge is 0.164 e. The van der Waals surface area contributed by atoms with Crippen LogP contribution in [0.15, 0.2) is 182 Å². The summed E-state index contributed by atoms with van der Waals surface area (Å²) in [6.07, 6.45) is 5.72. The van der Waals surface area contributed by atoms with Crippen LogP contribution in [0.1, 0.15) is 0 Å². The Balaban J connectivity index is 1.24.